The Morgan fingerprint density at radius 2 is 1.76 bits per heavy atom. The smallest absolute Gasteiger partial charge is 0.312 e. The number of carboxylic acids is 1. The highest BCUT2D eigenvalue weighted by atomic mass is 16.4. The molecule has 1 aliphatic carbocycles. The van der Waals surface area contributed by atoms with E-state index in [1.54, 1.807) is 6.07 Å². The zero-order chi connectivity index (χ0) is 12.0. The molecule has 0 spiro atoms. The molecule has 3 nitrogen and oxygen atoms in total. The minimum atomic E-state index is -0.939. The first-order valence-corrected chi connectivity index (χ1v) is 5.43. The number of aldehydes is 1. The van der Waals surface area contributed by atoms with Gasteiger partial charge in [0.05, 0.1) is 11.8 Å². The summed E-state index contributed by atoms with van der Waals surface area (Å²) in [5.74, 6) is -2.24. The van der Waals surface area contributed by atoms with Gasteiger partial charge in [0.25, 0.3) is 0 Å². The van der Waals surface area contributed by atoms with Crippen molar-refractivity contribution in [3.63, 3.8) is 0 Å². The standard InChI is InChI=1S/C14H10O3/c15-7-11-9-5-1-3-8-4-2-6-10(12(8)9)13(11)14(16)17/h1-7,11,13H,(H,16,17). The van der Waals surface area contributed by atoms with Crippen molar-refractivity contribution in [2.45, 2.75) is 11.8 Å². The molecular formula is C14H10O3. The van der Waals surface area contributed by atoms with Gasteiger partial charge in [0.1, 0.15) is 6.29 Å². The van der Waals surface area contributed by atoms with Crippen LogP contribution in [0.25, 0.3) is 10.8 Å². The molecule has 0 fully saturated rings. The molecule has 17 heavy (non-hydrogen) atoms. The van der Waals surface area contributed by atoms with Gasteiger partial charge < -0.3 is 9.90 Å². The van der Waals surface area contributed by atoms with Gasteiger partial charge >= 0.3 is 5.97 Å². The van der Waals surface area contributed by atoms with Crippen LogP contribution in [-0.4, -0.2) is 17.4 Å². The van der Waals surface area contributed by atoms with E-state index >= 15 is 0 Å². The van der Waals surface area contributed by atoms with Crippen molar-refractivity contribution in [2.75, 3.05) is 0 Å². The normalized spacial score (nSPS) is 21.6. The predicted molar refractivity (Wildman–Crippen MR) is 63.1 cm³/mol. The van der Waals surface area contributed by atoms with Crippen LogP contribution in [0.3, 0.4) is 0 Å². The molecule has 1 aliphatic rings. The summed E-state index contributed by atoms with van der Waals surface area (Å²) >= 11 is 0. The fourth-order valence-corrected chi connectivity index (χ4v) is 2.75. The Kier molecular flexibility index (Phi) is 2.01. The summed E-state index contributed by atoms with van der Waals surface area (Å²) in [6.45, 7) is 0. The van der Waals surface area contributed by atoms with E-state index in [2.05, 4.69) is 0 Å². The monoisotopic (exact) mass is 226 g/mol. The Morgan fingerprint density at radius 3 is 2.35 bits per heavy atom. The molecule has 0 saturated carbocycles. The van der Waals surface area contributed by atoms with Crippen LogP contribution in [0.4, 0.5) is 0 Å². The van der Waals surface area contributed by atoms with Crippen molar-refractivity contribution < 1.29 is 14.7 Å². The molecule has 3 rings (SSSR count). The third-order valence-electron chi connectivity index (χ3n) is 3.44. The summed E-state index contributed by atoms with van der Waals surface area (Å²) in [4.78, 5) is 22.5. The Bertz CT molecular complexity index is 625. The zero-order valence-corrected chi connectivity index (χ0v) is 8.96. The van der Waals surface area contributed by atoms with Gasteiger partial charge in [0.15, 0.2) is 0 Å². The predicted octanol–water partition coefficient (Wildman–Crippen LogP) is 2.30. The molecule has 1 N–H and O–H groups in total. The summed E-state index contributed by atoms with van der Waals surface area (Å²) in [7, 11) is 0. The number of rotatable bonds is 2. The first-order chi connectivity index (χ1) is 8.24. The van der Waals surface area contributed by atoms with E-state index in [0.717, 1.165) is 28.2 Å². The lowest BCUT2D eigenvalue weighted by atomic mass is 9.91. The SMILES string of the molecule is O=CC1c2cccc3cccc(c23)C1C(=O)O. The second-order valence-corrected chi connectivity index (χ2v) is 4.27. The van der Waals surface area contributed by atoms with E-state index in [1.165, 1.54) is 0 Å². The molecular weight excluding hydrogens is 216 g/mol. The van der Waals surface area contributed by atoms with Gasteiger partial charge in [-0.05, 0) is 21.9 Å². The summed E-state index contributed by atoms with van der Waals surface area (Å²) in [6.07, 6.45) is 0.744. The third-order valence-corrected chi connectivity index (χ3v) is 3.44. The van der Waals surface area contributed by atoms with Crippen LogP contribution < -0.4 is 0 Å². The first-order valence-electron chi connectivity index (χ1n) is 5.43. The number of aliphatic carboxylic acids is 1. The summed E-state index contributed by atoms with van der Waals surface area (Å²) in [6, 6.07) is 11.2. The minimum Gasteiger partial charge on any atom is -0.481 e. The van der Waals surface area contributed by atoms with E-state index in [1.807, 2.05) is 30.3 Å². The Hall–Kier alpha value is -2.16. The largest absolute Gasteiger partial charge is 0.481 e. The van der Waals surface area contributed by atoms with Crippen LogP contribution in [0.5, 0.6) is 0 Å². The maximum absolute atomic E-state index is 11.3. The molecule has 0 radical (unpaired) electrons. The molecule has 2 unspecified atom stereocenters. The molecule has 2 aromatic rings. The highest BCUT2D eigenvalue weighted by molar-refractivity contribution is 6.01. The van der Waals surface area contributed by atoms with Crippen LogP contribution >= 0.6 is 0 Å². The lowest BCUT2D eigenvalue weighted by molar-refractivity contribution is -0.140. The van der Waals surface area contributed by atoms with Crippen molar-refractivity contribution >= 4 is 23.0 Å². The van der Waals surface area contributed by atoms with Gasteiger partial charge in [0, 0.05) is 0 Å². The summed E-state index contributed by atoms with van der Waals surface area (Å²) < 4.78 is 0. The second-order valence-electron chi connectivity index (χ2n) is 4.27. The lowest BCUT2D eigenvalue weighted by Gasteiger charge is -2.10. The van der Waals surface area contributed by atoms with Gasteiger partial charge in [-0.3, -0.25) is 4.79 Å². The fraction of sp³-hybridized carbons (Fsp3) is 0.143. The van der Waals surface area contributed by atoms with E-state index in [9.17, 15) is 14.7 Å². The quantitative estimate of drug-likeness (QED) is 0.799. The van der Waals surface area contributed by atoms with Gasteiger partial charge in [-0.1, -0.05) is 36.4 Å². The molecule has 0 amide bonds. The Labute approximate surface area is 97.7 Å². The molecule has 0 aliphatic heterocycles. The zero-order valence-electron chi connectivity index (χ0n) is 8.96. The second kappa shape index (κ2) is 3.42. The maximum atomic E-state index is 11.3. The van der Waals surface area contributed by atoms with Crippen LogP contribution in [0.1, 0.15) is 23.0 Å². The van der Waals surface area contributed by atoms with E-state index < -0.39 is 17.8 Å². The van der Waals surface area contributed by atoms with Gasteiger partial charge in [-0.15, -0.1) is 0 Å². The van der Waals surface area contributed by atoms with E-state index in [0.29, 0.717) is 0 Å². The highest BCUT2D eigenvalue weighted by Crippen LogP contribution is 2.45. The van der Waals surface area contributed by atoms with Crippen LogP contribution in [0, 0.1) is 0 Å². The van der Waals surface area contributed by atoms with Crippen molar-refractivity contribution in [1.29, 1.82) is 0 Å². The van der Waals surface area contributed by atoms with Crippen LogP contribution in [0.15, 0.2) is 36.4 Å². The topological polar surface area (TPSA) is 54.4 Å². The third kappa shape index (κ3) is 1.22. The molecule has 3 heteroatoms. The number of carboxylic acid groups (broad SMARTS) is 1. The average molecular weight is 226 g/mol. The van der Waals surface area contributed by atoms with Crippen molar-refractivity contribution in [3.05, 3.63) is 47.5 Å². The molecule has 2 atom stereocenters. The van der Waals surface area contributed by atoms with Crippen LogP contribution in [-0.2, 0) is 9.59 Å². The highest BCUT2D eigenvalue weighted by Gasteiger charge is 2.38. The summed E-state index contributed by atoms with van der Waals surface area (Å²) in [5.41, 5.74) is 1.59. The van der Waals surface area contributed by atoms with Crippen molar-refractivity contribution in [1.82, 2.24) is 0 Å². The summed E-state index contributed by atoms with van der Waals surface area (Å²) in [5, 5.41) is 11.2. The van der Waals surface area contributed by atoms with E-state index in [4.69, 9.17) is 0 Å². The molecule has 0 saturated heterocycles. The number of benzene rings is 2. The molecule has 0 heterocycles. The van der Waals surface area contributed by atoms with Crippen molar-refractivity contribution in [2.24, 2.45) is 0 Å². The molecule has 0 bridgehead atoms. The maximum Gasteiger partial charge on any atom is 0.312 e. The van der Waals surface area contributed by atoms with Gasteiger partial charge in [-0.25, -0.2) is 0 Å². The number of carbonyl (C=O) groups excluding carboxylic acids is 1. The average Bonchev–Trinajstić information content (AvgIpc) is 2.66. The number of hydrogen-bond acceptors (Lipinski definition) is 2. The van der Waals surface area contributed by atoms with Gasteiger partial charge in [0.2, 0.25) is 0 Å². The van der Waals surface area contributed by atoms with Crippen LogP contribution in [0.2, 0.25) is 0 Å². The Balaban J connectivity index is 2.40. The Morgan fingerprint density at radius 1 is 1.12 bits per heavy atom. The molecule has 0 aromatic heterocycles. The van der Waals surface area contributed by atoms with Crippen molar-refractivity contribution in [3.8, 4) is 0 Å². The lowest BCUT2D eigenvalue weighted by Crippen LogP contribution is -2.16. The van der Waals surface area contributed by atoms with Gasteiger partial charge in [-0.2, -0.15) is 0 Å². The molecule has 2 aromatic carbocycles. The fourth-order valence-electron chi connectivity index (χ4n) is 2.75. The molecule has 84 valence electrons. The minimum absolute atomic E-state index is 0.561. The van der Waals surface area contributed by atoms with E-state index in [-0.39, 0.29) is 0 Å². The first kappa shape index (κ1) is 10.0. The number of carbonyl (C=O) groups is 2. The number of hydrogen-bond donors (Lipinski definition) is 1.